The molecule has 0 unspecified atom stereocenters. The number of halogens is 2. The summed E-state index contributed by atoms with van der Waals surface area (Å²) in [6.45, 7) is 9.02. The molecule has 1 rings (SSSR count). The van der Waals surface area contributed by atoms with Crippen molar-refractivity contribution in [2.75, 3.05) is 0 Å². The van der Waals surface area contributed by atoms with Crippen LogP contribution in [0.15, 0.2) is 31.4 Å². The Bertz CT molecular complexity index is 378. The smallest absolute Gasteiger partial charge is 0.134 e. The molecule has 0 saturated heterocycles. The first-order chi connectivity index (χ1) is 6.60. The lowest BCUT2D eigenvalue weighted by Gasteiger charge is -2.09. The van der Waals surface area contributed by atoms with Crippen molar-refractivity contribution < 1.29 is 8.78 Å². The quantitative estimate of drug-likeness (QED) is 0.643. The van der Waals surface area contributed by atoms with Crippen LogP contribution in [0.25, 0.3) is 5.57 Å². The van der Waals surface area contributed by atoms with Gasteiger partial charge in [0, 0.05) is 11.6 Å². The van der Waals surface area contributed by atoms with Gasteiger partial charge in [0.25, 0.3) is 0 Å². The molecule has 0 fully saturated rings. The van der Waals surface area contributed by atoms with E-state index in [1.165, 1.54) is 12.1 Å². The maximum Gasteiger partial charge on any atom is 0.134 e. The number of hydrogen-bond donors (Lipinski definition) is 0. The molecule has 1 aromatic carbocycles. The third-order valence-corrected chi connectivity index (χ3v) is 2.09. The van der Waals surface area contributed by atoms with Crippen molar-refractivity contribution in [3.63, 3.8) is 0 Å². The molecule has 0 N–H and O–H groups in total. The van der Waals surface area contributed by atoms with Crippen molar-refractivity contribution in [1.82, 2.24) is 0 Å². The van der Waals surface area contributed by atoms with Gasteiger partial charge in [-0.25, -0.2) is 8.78 Å². The van der Waals surface area contributed by atoms with Crippen molar-refractivity contribution in [2.45, 2.75) is 13.3 Å². The lowest BCUT2D eigenvalue weighted by Crippen LogP contribution is -1.96. The molecule has 0 aliphatic carbocycles. The molecule has 0 atom stereocenters. The van der Waals surface area contributed by atoms with Crippen LogP contribution in [0.4, 0.5) is 8.78 Å². The van der Waals surface area contributed by atoms with E-state index in [-0.39, 0.29) is 0 Å². The Morgan fingerprint density at radius 1 is 1.43 bits per heavy atom. The topological polar surface area (TPSA) is 0 Å². The maximum absolute atomic E-state index is 13.4. The summed E-state index contributed by atoms with van der Waals surface area (Å²) in [6.07, 6.45) is 2.03. The lowest BCUT2D eigenvalue weighted by atomic mass is 9.98. The zero-order chi connectivity index (χ0) is 10.7. The van der Waals surface area contributed by atoms with Gasteiger partial charge in [-0.1, -0.05) is 26.2 Å². The predicted octanol–water partition coefficient (Wildman–Crippen LogP) is 3.73. The summed E-state index contributed by atoms with van der Waals surface area (Å²) in [4.78, 5) is 0. The van der Waals surface area contributed by atoms with Crippen molar-refractivity contribution >= 4 is 5.57 Å². The summed E-state index contributed by atoms with van der Waals surface area (Å²) in [5.74, 6) is -1.13. The second-order valence-electron chi connectivity index (χ2n) is 3.00. The highest BCUT2D eigenvalue weighted by Crippen LogP contribution is 2.23. The first kappa shape index (κ1) is 10.6. The van der Waals surface area contributed by atoms with Crippen LogP contribution in [0.2, 0.25) is 0 Å². The van der Waals surface area contributed by atoms with Crippen molar-refractivity contribution in [3.8, 4) is 0 Å². The zero-order valence-electron chi connectivity index (χ0n) is 8.11. The van der Waals surface area contributed by atoms with E-state index < -0.39 is 11.6 Å². The minimum absolute atomic E-state index is 0.365. The fraction of sp³-hybridized carbons (Fsp3) is 0.167. The van der Waals surface area contributed by atoms with Gasteiger partial charge in [0.1, 0.15) is 11.6 Å². The zero-order valence-corrected chi connectivity index (χ0v) is 8.11. The van der Waals surface area contributed by atoms with E-state index >= 15 is 0 Å². The summed E-state index contributed by atoms with van der Waals surface area (Å²) in [5.41, 5.74) is 1.47. The van der Waals surface area contributed by atoms with Crippen LogP contribution in [0.5, 0.6) is 0 Å². The molecular weight excluding hydrogens is 182 g/mol. The number of benzene rings is 1. The summed E-state index contributed by atoms with van der Waals surface area (Å²) >= 11 is 0. The van der Waals surface area contributed by atoms with Crippen LogP contribution in [-0.4, -0.2) is 0 Å². The second kappa shape index (κ2) is 4.18. The van der Waals surface area contributed by atoms with Crippen LogP contribution in [0, 0.1) is 11.6 Å². The average Bonchev–Trinajstić information content (AvgIpc) is 2.15. The molecule has 0 aromatic heterocycles. The first-order valence-electron chi connectivity index (χ1n) is 4.39. The van der Waals surface area contributed by atoms with E-state index in [1.54, 1.807) is 0 Å². The fourth-order valence-electron chi connectivity index (χ4n) is 1.37. The Morgan fingerprint density at radius 2 is 2.07 bits per heavy atom. The Kier molecular flexibility index (Phi) is 3.18. The van der Waals surface area contributed by atoms with E-state index in [0.29, 0.717) is 23.1 Å². The van der Waals surface area contributed by atoms with Crippen LogP contribution in [-0.2, 0) is 6.42 Å². The molecular formula is C12H12F2. The molecule has 0 aliphatic rings. The Morgan fingerprint density at radius 3 is 2.57 bits per heavy atom. The molecule has 0 heterocycles. The molecule has 0 saturated carbocycles. The second-order valence-corrected chi connectivity index (χ2v) is 3.00. The molecule has 0 aliphatic heterocycles. The minimum Gasteiger partial charge on any atom is -0.207 e. The minimum atomic E-state index is -0.577. The Labute approximate surface area is 82.6 Å². The standard InChI is InChI=1S/C12H12F2/c1-4-8(3)12-9(5-2)6-10(13)7-11(12)14/h4,6-7H,1,3,5H2,2H3. The van der Waals surface area contributed by atoms with Gasteiger partial charge in [-0.15, -0.1) is 0 Å². The van der Waals surface area contributed by atoms with E-state index in [1.807, 2.05) is 6.92 Å². The molecule has 0 radical (unpaired) electrons. The lowest BCUT2D eigenvalue weighted by molar-refractivity contribution is 0.577. The SMILES string of the molecule is C=CC(=C)c1c(F)cc(F)cc1CC. The molecule has 0 amide bonds. The van der Waals surface area contributed by atoms with Gasteiger partial charge in [0.15, 0.2) is 0 Å². The van der Waals surface area contributed by atoms with E-state index in [9.17, 15) is 8.78 Å². The maximum atomic E-state index is 13.4. The van der Waals surface area contributed by atoms with Crippen LogP contribution >= 0.6 is 0 Å². The molecule has 2 heteroatoms. The normalized spacial score (nSPS) is 9.93. The molecule has 14 heavy (non-hydrogen) atoms. The number of rotatable bonds is 3. The monoisotopic (exact) mass is 194 g/mol. The largest absolute Gasteiger partial charge is 0.207 e. The van der Waals surface area contributed by atoms with Gasteiger partial charge in [0.05, 0.1) is 0 Å². The van der Waals surface area contributed by atoms with Crippen LogP contribution in [0.3, 0.4) is 0 Å². The highest BCUT2D eigenvalue weighted by molar-refractivity contribution is 5.74. The molecule has 74 valence electrons. The average molecular weight is 194 g/mol. The van der Waals surface area contributed by atoms with Crippen molar-refractivity contribution in [1.29, 1.82) is 0 Å². The van der Waals surface area contributed by atoms with Gasteiger partial charge >= 0.3 is 0 Å². The summed E-state index contributed by atoms with van der Waals surface area (Å²) in [5, 5.41) is 0. The Hall–Kier alpha value is -1.44. The summed E-state index contributed by atoms with van der Waals surface area (Å²) in [7, 11) is 0. The molecule has 1 aromatic rings. The van der Waals surface area contributed by atoms with Crippen molar-refractivity contribution in [3.05, 3.63) is 54.1 Å². The highest BCUT2D eigenvalue weighted by Gasteiger charge is 2.10. The third kappa shape index (κ3) is 1.90. The van der Waals surface area contributed by atoms with Crippen LogP contribution in [0.1, 0.15) is 18.1 Å². The van der Waals surface area contributed by atoms with Gasteiger partial charge in [-0.3, -0.25) is 0 Å². The number of aryl methyl sites for hydroxylation is 1. The summed E-state index contributed by atoms with van der Waals surface area (Å²) < 4.78 is 26.3. The first-order valence-corrected chi connectivity index (χ1v) is 4.39. The van der Waals surface area contributed by atoms with E-state index in [0.717, 1.165) is 6.07 Å². The third-order valence-electron chi connectivity index (χ3n) is 2.09. The molecule has 0 nitrogen and oxygen atoms in total. The van der Waals surface area contributed by atoms with E-state index in [4.69, 9.17) is 0 Å². The summed E-state index contributed by atoms with van der Waals surface area (Å²) in [6, 6.07) is 2.19. The molecule has 0 spiro atoms. The number of allylic oxidation sites excluding steroid dienone is 2. The van der Waals surface area contributed by atoms with Crippen molar-refractivity contribution in [2.24, 2.45) is 0 Å². The Balaban J connectivity index is 3.39. The van der Waals surface area contributed by atoms with Crippen LogP contribution < -0.4 is 0 Å². The van der Waals surface area contributed by atoms with Gasteiger partial charge in [0.2, 0.25) is 0 Å². The van der Waals surface area contributed by atoms with E-state index in [2.05, 4.69) is 13.2 Å². The molecule has 0 bridgehead atoms. The number of hydrogen-bond acceptors (Lipinski definition) is 0. The predicted molar refractivity (Wildman–Crippen MR) is 55.0 cm³/mol. The van der Waals surface area contributed by atoms with Gasteiger partial charge in [-0.2, -0.15) is 0 Å². The fourth-order valence-corrected chi connectivity index (χ4v) is 1.37. The highest BCUT2D eigenvalue weighted by atomic mass is 19.1. The van der Waals surface area contributed by atoms with Gasteiger partial charge in [-0.05, 0) is 23.6 Å². The van der Waals surface area contributed by atoms with Gasteiger partial charge < -0.3 is 0 Å².